The van der Waals surface area contributed by atoms with E-state index in [1.54, 1.807) is 0 Å². The third-order valence-electron chi connectivity index (χ3n) is 4.88. The van der Waals surface area contributed by atoms with E-state index in [4.69, 9.17) is 9.84 Å². The summed E-state index contributed by atoms with van der Waals surface area (Å²) >= 11 is 0. The van der Waals surface area contributed by atoms with Crippen molar-refractivity contribution in [2.75, 3.05) is 77.0 Å². The Hall–Kier alpha value is -1.83. The van der Waals surface area contributed by atoms with Crippen molar-refractivity contribution in [1.29, 1.82) is 0 Å². The molecule has 0 spiro atoms. The van der Waals surface area contributed by atoms with Gasteiger partial charge in [0.25, 0.3) is 0 Å². The van der Waals surface area contributed by atoms with Crippen LogP contribution in [0, 0.1) is 0 Å². The second-order valence-electron chi connectivity index (χ2n) is 6.60. The zero-order valence-electron chi connectivity index (χ0n) is 14.7. The molecule has 7 heteroatoms. The summed E-state index contributed by atoms with van der Waals surface area (Å²) in [6.07, 6.45) is 0. The molecule has 2 fully saturated rings. The molecule has 0 amide bonds. The van der Waals surface area contributed by atoms with Gasteiger partial charge in [-0.15, -0.1) is 0 Å². The minimum Gasteiger partial charge on any atom is -0.482 e. The van der Waals surface area contributed by atoms with Crippen molar-refractivity contribution in [3.63, 3.8) is 0 Å². The van der Waals surface area contributed by atoms with Gasteiger partial charge in [-0.2, -0.15) is 0 Å². The van der Waals surface area contributed by atoms with Crippen LogP contribution in [0.2, 0.25) is 0 Å². The molecule has 0 radical (unpaired) electrons. The lowest BCUT2D eigenvalue weighted by atomic mass is 10.2. The Bertz CT molecular complexity index is 538. The highest BCUT2D eigenvalue weighted by molar-refractivity contribution is 5.68. The monoisotopic (exact) mass is 348 g/mol. The number of nitrogens with zero attached hydrogens (tertiary/aromatic N) is 3. The normalized spacial score (nSPS) is 19.8. The predicted octanol–water partition coefficient (Wildman–Crippen LogP) is 0.177. The Balaban J connectivity index is 1.40. The molecule has 3 rings (SSSR count). The van der Waals surface area contributed by atoms with Crippen molar-refractivity contribution < 1.29 is 14.6 Å². The smallest absolute Gasteiger partial charge is 0.341 e. The van der Waals surface area contributed by atoms with Gasteiger partial charge in [-0.3, -0.25) is 9.80 Å². The van der Waals surface area contributed by atoms with Gasteiger partial charge in [0.05, 0.1) is 0 Å². The molecular weight excluding hydrogens is 320 g/mol. The highest BCUT2D eigenvalue weighted by Gasteiger charge is 2.18. The Labute approximate surface area is 149 Å². The number of piperazine rings is 2. The molecule has 0 aromatic heterocycles. The molecule has 7 nitrogen and oxygen atoms in total. The lowest BCUT2D eigenvalue weighted by Crippen LogP contribution is -2.50. The summed E-state index contributed by atoms with van der Waals surface area (Å²) in [5.41, 5.74) is 1.17. The number of carboxylic acid groups (broad SMARTS) is 1. The van der Waals surface area contributed by atoms with Crippen LogP contribution in [0.15, 0.2) is 24.3 Å². The molecule has 0 aliphatic carbocycles. The van der Waals surface area contributed by atoms with Crippen molar-refractivity contribution in [3.8, 4) is 5.75 Å². The molecule has 0 atom stereocenters. The van der Waals surface area contributed by atoms with Crippen molar-refractivity contribution in [3.05, 3.63) is 24.3 Å². The van der Waals surface area contributed by atoms with E-state index in [0.717, 1.165) is 65.4 Å². The second kappa shape index (κ2) is 9.03. The molecule has 2 aliphatic heterocycles. The first-order valence-corrected chi connectivity index (χ1v) is 9.06. The number of anilines is 1. The van der Waals surface area contributed by atoms with Crippen LogP contribution in [0.5, 0.6) is 5.75 Å². The van der Waals surface area contributed by atoms with Crippen LogP contribution in [0.4, 0.5) is 5.69 Å². The SMILES string of the molecule is O=C(O)COc1ccc(N2CCN(CCN3CCNCC3)CC2)cc1. The summed E-state index contributed by atoms with van der Waals surface area (Å²) in [6, 6.07) is 7.70. The van der Waals surface area contributed by atoms with Gasteiger partial charge >= 0.3 is 5.97 Å². The van der Waals surface area contributed by atoms with Gasteiger partial charge in [0, 0.05) is 71.1 Å². The molecule has 138 valence electrons. The summed E-state index contributed by atoms with van der Waals surface area (Å²) < 4.78 is 5.18. The van der Waals surface area contributed by atoms with E-state index in [1.807, 2.05) is 24.3 Å². The lowest BCUT2D eigenvalue weighted by Gasteiger charge is -2.37. The van der Waals surface area contributed by atoms with Crippen LogP contribution < -0.4 is 15.0 Å². The number of rotatable bonds is 7. The average Bonchev–Trinajstić information content (AvgIpc) is 2.66. The summed E-state index contributed by atoms with van der Waals surface area (Å²) in [5.74, 6) is -0.359. The highest BCUT2D eigenvalue weighted by Crippen LogP contribution is 2.20. The Kier molecular flexibility index (Phi) is 6.49. The molecule has 1 aromatic rings. The predicted molar refractivity (Wildman–Crippen MR) is 97.5 cm³/mol. The van der Waals surface area contributed by atoms with E-state index in [0.29, 0.717) is 5.75 Å². The maximum atomic E-state index is 10.5. The van der Waals surface area contributed by atoms with Gasteiger partial charge in [-0.05, 0) is 24.3 Å². The molecular formula is C18H28N4O3. The largest absolute Gasteiger partial charge is 0.482 e. The van der Waals surface area contributed by atoms with Crippen LogP contribution in [0.3, 0.4) is 0 Å². The standard InChI is InChI=1S/C18H28N4O3/c23-18(24)15-25-17-3-1-16(2-4-17)22-13-11-21(12-14-22)10-9-20-7-5-19-6-8-20/h1-4,19H,5-15H2,(H,23,24). The first-order chi connectivity index (χ1) is 12.2. The van der Waals surface area contributed by atoms with Crippen molar-refractivity contribution >= 4 is 11.7 Å². The van der Waals surface area contributed by atoms with Crippen LogP contribution >= 0.6 is 0 Å². The molecule has 2 heterocycles. The zero-order chi connectivity index (χ0) is 17.5. The molecule has 2 aliphatic rings. The average molecular weight is 348 g/mol. The van der Waals surface area contributed by atoms with E-state index < -0.39 is 5.97 Å². The van der Waals surface area contributed by atoms with Gasteiger partial charge in [0.15, 0.2) is 6.61 Å². The summed E-state index contributed by atoms with van der Waals surface area (Å²) in [4.78, 5) is 18.0. The molecule has 1 aromatic carbocycles. The maximum Gasteiger partial charge on any atom is 0.341 e. The zero-order valence-corrected chi connectivity index (χ0v) is 14.7. The van der Waals surface area contributed by atoms with Crippen molar-refractivity contribution in [1.82, 2.24) is 15.1 Å². The fraction of sp³-hybridized carbons (Fsp3) is 0.611. The molecule has 0 bridgehead atoms. The third-order valence-corrected chi connectivity index (χ3v) is 4.88. The summed E-state index contributed by atoms with van der Waals surface area (Å²) in [6.45, 7) is 10.8. The molecule has 2 saturated heterocycles. The van der Waals surface area contributed by atoms with Crippen LogP contribution in [0.1, 0.15) is 0 Å². The Morgan fingerprint density at radius 1 is 0.960 bits per heavy atom. The van der Waals surface area contributed by atoms with E-state index in [1.165, 1.54) is 5.69 Å². The van der Waals surface area contributed by atoms with Crippen molar-refractivity contribution in [2.45, 2.75) is 0 Å². The van der Waals surface area contributed by atoms with Gasteiger partial charge in [-0.25, -0.2) is 4.79 Å². The van der Waals surface area contributed by atoms with Gasteiger partial charge in [0.1, 0.15) is 5.75 Å². The third kappa shape index (κ3) is 5.59. The van der Waals surface area contributed by atoms with E-state index in [-0.39, 0.29) is 6.61 Å². The fourth-order valence-corrected chi connectivity index (χ4v) is 3.35. The van der Waals surface area contributed by atoms with Gasteiger partial charge < -0.3 is 20.1 Å². The Morgan fingerprint density at radius 2 is 1.56 bits per heavy atom. The topological polar surface area (TPSA) is 68.3 Å². The number of nitrogens with one attached hydrogen (secondary N) is 1. The minimum atomic E-state index is -0.957. The quantitative estimate of drug-likeness (QED) is 0.728. The number of hydrogen-bond donors (Lipinski definition) is 2. The van der Waals surface area contributed by atoms with Crippen LogP contribution in [0.25, 0.3) is 0 Å². The van der Waals surface area contributed by atoms with Gasteiger partial charge in [0.2, 0.25) is 0 Å². The molecule has 25 heavy (non-hydrogen) atoms. The first-order valence-electron chi connectivity index (χ1n) is 9.06. The molecule has 0 unspecified atom stereocenters. The number of benzene rings is 1. The molecule has 2 N–H and O–H groups in total. The first kappa shape index (κ1) is 18.0. The number of carboxylic acids is 1. The summed E-state index contributed by atoms with van der Waals surface area (Å²) in [5, 5.41) is 12.0. The number of hydrogen-bond acceptors (Lipinski definition) is 6. The fourth-order valence-electron chi connectivity index (χ4n) is 3.35. The summed E-state index contributed by atoms with van der Waals surface area (Å²) in [7, 11) is 0. The minimum absolute atomic E-state index is 0.300. The van der Waals surface area contributed by atoms with E-state index >= 15 is 0 Å². The van der Waals surface area contributed by atoms with Gasteiger partial charge in [-0.1, -0.05) is 0 Å². The highest BCUT2D eigenvalue weighted by atomic mass is 16.5. The molecule has 0 saturated carbocycles. The second-order valence-corrected chi connectivity index (χ2v) is 6.60. The number of ether oxygens (including phenoxy) is 1. The maximum absolute atomic E-state index is 10.5. The lowest BCUT2D eigenvalue weighted by molar-refractivity contribution is -0.139. The van der Waals surface area contributed by atoms with Crippen molar-refractivity contribution in [2.24, 2.45) is 0 Å². The van der Waals surface area contributed by atoms with E-state index in [2.05, 4.69) is 20.0 Å². The van der Waals surface area contributed by atoms with Crippen LogP contribution in [-0.4, -0.2) is 92.9 Å². The number of aliphatic carboxylic acids is 1. The van der Waals surface area contributed by atoms with E-state index in [9.17, 15) is 4.79 Å². The Morgan fingerprint density at radius 3 is 2.16 bits per heavy atom. The van der Waals surface area contributed by atoms with Crippen LogP contribution in [-0.2, 0) is 4.79 Å². The number of carbonyl (C=O) groups is 1.